The van der Waals surface area contributed by atoms with Crippen LogP contribution in [0.2, 0.25) is 0 Å². The van der Waals surface area contributed by atoms with Gasteiger partial charge in [-0.3, -0.25) is 14.3 Å². The van der Waals surface area contributed by atoms with Crippen molar-refractivity contribution in [3.63, 3.8) is 0 Å². The first-order chi connectivity index (χ1) is 12.3. The first-order valence-corrected chi connectivity index (χ1v) is 7.67. The highest BCUT2D eigenvalue weighted by Gasteiger charge is 2.23. The molecule has 0 radical (unpaired) electrons. The number of aromatic nitrogens is 2. The molecule has 140 valence electrons. The first-order valence-electron chi connectivity index (χ1n) is 7.67. The van der Waals surface area contributed by atoms with E-state index in [0.717, 1.165) is 4.57 Å². The van der Waals surface area contributed by atoms with Crippen molar-refractivity contribution in [3.8, 4) is 0 Å². The van der Waals surface area contributed by atoms with E-state index in [0.29, 0.717) is 0 Å². The van der Waals surface area contributed by atoms with Crippen LogP contribution in [0.3, 0.4) is 0 Å². The highest BCUT2D eigenvalue weighted by Crippen LogP contribution is 2.22. The quantitative estimate of drug-likeness (QED) is 0.351. The third-order valence-electron chi connectivity index (χ3n) is 3.77. The molecule has 1 N–H and O–H groups in total. The summed E-state index contributed by atoms with van der Waals surface area (Å²) in [6.07, 6.45) is 0.831. The number of halogens is 4. The molecule has 0 saturated heterocycles. The Morgan fingerprint density at radius 1 is 1.15 bits per heavy atom. The maximum Gasteiger partial charge on any atom is 0.330 e. The lowest BCUT2D eigenvalue weighted by Crippen LogP contribution is -2.36. The van der Waals surface area contributed by atoms with Crippen molar-refractivity contribution in [3.05, 3.63) is 79.6 Å². The number of nitrogens with zero attached hydrogens (tertiary/aromatic N) is 1. The second-order valence-corrected chi connectivity index (χ2v) is 5.38. The van der Waals surface area contributed by atoms with Crippen LogP contribution in [0.1, 0.15) is 23.7 Å². The summed E-state index contributed by atoms with van der Waals surface area (Å²) >= 11 is 0. The molecule has 0 spiro atoms. The molecule has 0 saturated carbocycles. The van der Waals surface area contributed by atoms with Gasteiger partial charge in [0.2, 0.25) is 0 Å². The van der Waals surface area contributed by atoms with Gasteiger partial charge < -0.3 is 4.74 Å². The fraction of sp³-hybridized carbons (Fsp3) is 0.294. The summed E-state index contributed by atoms with van der Waals surface area (Å²) in [5.74, 6) is -6.31. The number of hydrogen-bond donors (Lipinski definition) is 1. The molecule has 0 atom stereocenters. The molecular formula is C17H16F4N2O3. The van der Waals surface area contributed by atoms with Gasteiger partial charge in [-0.05, 0) is 6.42 Å². The molecule has 0 bridgehead atoms. The van der Waals surface area contributed by atoms with E-state index in [4.69, 9.17) is 4.74 Å². The van der Waals surface area contributed by atoms with E-state index in [-0.39, 0.29) is 37.1 Å². The van der Waals surface area contributed by atoms with Crippen LogP contribution in [-0.2, 0) is 24.3 Å². The molecule has 1 aromatic carbocycles. The number of rotatable bonds is 7. The zero-order valence-electron chi connectivity index (χ0n) is 13.9. The zero-order valence-corrected chi connectivity index (χ0v) is 13.9. The second kappa shape index (κ2) is 8.13. The minimum absolute atomic E-state index is 0.0512. The lowest BCUT2D eigenvalue weighted by Gasteiger charge is -2.16. The smallest absolute Gasteiger partial charge is 0.330 e. The normalized spacial score (nSPS) is 11.0. The summed E-state index contributed by atoms with van der Waals surface area (Å²) in [5, 5.41) is 0. The molecule has 0 fully saturated rings. The van der Waals surface area contributed by atoms with Crippen LogP contribution in [0.15, 0.2) is 28.3 Å². The highest BCUT2D eigenvalue weighted by molar-refractivity contribution is 5.30. The average molecular weight is 372 g/mol. The second-order valence-electron chi connectivity index (χ2n) is 5.38. The van der Waals surface area contributed by atoms with Crippen molar-refractivity contribution >= 4 is 0 Å². The number of H-pyrrole nitrogens is 1. The molecule has 0 aliphatic heterocycles. The van der Waals surface area contributed by atoms with E-state index >= 15 is 0 Å². The summed E-state index contributed by atoms with van der Waals surface area (Å²) < 4.78 is 61.0. The standard InChI is InChI=1S/C17H16F4N2O3/c1-3-5-26-8-23-13(9(4-2)16(24)22-17(23)25)6-10-14(20)11(18)7-12(19)15(10)21/h3,7H,1,4-6,8H2,2H3,(H,22,24,25). The summed E-state index contributed by atoms with van der Waals surface area (Å²) in [5.41, 5.74) is -2.57. The van der Waals surface area contributed by atoms with Gasteiger partial charge in [-0.2, -0.15) is 0 Å². The van der Waals surface area contributed by atoms with Crippen molar-refractivity contribution < 1.29 is 22.3 Å². The number of ether oxygens (including phenoxy) is 1. The highest BCUT2D eigenvalue weighted by atomic mass is 19.2. The van der Waals surface area contributed by atoms with E-state index in [1.807, 2.05) is 0 Å². The lowest BCUT2D eigenvalue weighted by atomic mass is 10.0. The molecule has 5 nitrogen and oxygen atoms in total. The monoisotopic (exact) mass is 372 g/mol. The zero-order chi connectivity index (χ0) is 19.4. The van der Waals surface area contributed by atoms with Crippen LogP contribution in [-0.4, -0.2) is 16.2 Å². The van der Waals surface area contributed by atoms with Gasteiger partial charge in [0.15, 0.2) is 23.3 Å². The largest absolute Gasteiger partial charge is 0.357 e. The number of benzene rings is 1. The molecular weight excluding hydrogens is 356 g/mol. The molecule has 0 amide bonds. The maximum absolute atomic E-state index is 14.0. The van der Waals surface area contributed by atoms with Crippen LogP contribution in [0.5, 0.6) is 0 Å². The van der Waals surface area contributed by atoms with E-state index in [1.165, 1.54) is 6.08 Å². The molecule has 1 heterocycles. The van der Waals surface area contributed by atoms with E-state index < -0.39 is 46.5 Å². The van der Waals surface area contributed by atoms with Gasteiger partial charge in [0.25, 0.3) is 5.56 Å². The Kier molecular flexibility index (Phi) is 6.14. The van der Waals surface area contributed by atoms with Crippen molar-refractivity contribution in [1.29, 1.82) is 0 Å². The van der Waals surface area contributed by atoms with Gasteiger partial charge in [-0.25, -0.2) is 22.4 Å². The van der Waals surface area contributed by atoms with Crippen molar-refractivity contribution in [2.24, 2.45) is 0 Å². The maximum atomic E-state index is 14.0. The molecule has 26 heavy (non-hydrogen) atoms. The van der Waals surface area contributed by atoms with Crippen LogP contribution in [0.25, 0.3) is 0 Å². The van der Waals surface area contributed by atoms with Crippen LogP contribution in [0.4, 0.5) is 17.6 Å². The van der Waals surface area contributed by atoms with E-state index in [2.05, 4.69) is 11.6 Å². The summed E-state index contributed by atoms with van der Waals surface area (Å²) in [6.45, 7) is 4.76. The minimum Gasteiger partial charge on any atom is -0.357 e. The Hall–Kier alpha value is -2.68. The molecule has 0 aliphatic carbocycles. The topological polar surface area (TPSA) is 64.1 Å². The molecule has 2 aromatic rings. The summed E-state index contributed by atoms with van der Waals surface area (Å²) in [7, 11) is 0. The molecule has 9 heteroatoms. The fourth-order valence-corrected chi connectivity index (χ4v) is 2.53. The third-order valence-corrected chi connectivity index (χ3v) is 3.77. The Morgan fingerprint density at radius 3 is 2.31 bits per heavy atom. The predicted octanol–water partition coefficient (Wildman–Crippen LogP) is 2.41. The van der Waals surface area contributed by atoms with Crippen molar-refractivity contribution in [2.45, 2.75) is 26.5 Å². The van der Waals surface area contributed by atoms with Gasteiger partial charge in [-0.1, -0.05) is 13.0 Å². The Labute approximate surface area is 145 Å². The third kappa shape index (κ3) is 3.77. The van der Waals surface area contributed by atoms with Crippen LogP contribution >= 0.6 is 0 Å². The first kappa shape index (κ1) is 19.6. The van der Waals surface area contributed by atoms with Gasteiger partial charge in [0.05, 0.1) is 6.61 Å². The van der Waals surface area contributed by atoms with Crippen LogP contribution in [0, 0.1) is 23.3 Å². The molecule has 1 aromatic heterocycles. The SMILES string of the molecule is C=CCOCn1c(Cc2c(F)c(F)cc(F)c2F)c(CC)c(=O)[nH]c1=O. The van der Waals surface area contributed by atoms with Gasteiger partial charge in [0, 0.05) is 29.3 Å². The number of nitrogens with one attached hydrogen (secondary N) is 1. The van der Waals surface area contributed by atoms with Crippen molar-refractivity contribution in [1.82, 2.24) is 9.55 Å². The Bertz CT molecular complexity index is 924. The fourth-order valence-electron chi connectivity index (χ4n) is 2.53. The minimum atomic E-state index is -1.59. The molecule has 2 rings (SSSR count). The summed E-state index contributed by atoms with van der Waals surface area (Å²) in [4.78, 5) is 26.2. The van der Waals surface area contributed by atoms with Gasteiger partial charge >= 0.3 is 5.69 Å². The van der Waals surface area contributed by atoms with Gasteiger partial charge in [0.1, 0.15) is 6.73 Å². The molecule has 0 unspecified atom stereocenters. The predicted molar refractivity (Wildman–Crippen MR) is 85.9 cm³/mol. The van der Waals surface area contributed by atoms with Crippen LogP contribution < -0.4 is 11.2 Å². The van der Waals surface area contributed by atoms with Gasteiger partial charge in [-0.15, -0.1) is 6.58 Å². The van der Waals surface area contributed by atoms with E-state index in [9.17, 15) is 27.2 Å². The van der Waals surface area contributed by atoms with Crippen molar-refractivity contribution in [2.75, 3.05) is 6.61 Å². The molecule has 0 aliphatic rings. The Morgan fingerprint density at radius 2 is 1.77 bits per heavy atom. The summed E-state index contributed by atoms with van der Waals surface area (Å²) in [6, 6.07) is 0.0903. The van der Waals surface area contributed by atoms with E-state index in [1.54, 1.807) is 6.92 Å². The number of hydrogen-bond acceptors (Lipinski definition) is 3. The number of aromatic amines is 1. The lowest BCUT2D eigenvalue weighted by molar-refractivity contribution is 0.0942. The average Bonchev–Trinajstić information content (AvgIpc) is 2.59. The Balaban J connectivity index is 2.67.